The Bertz CT molecular complexity index is 905. The number of thioether (sulfide) groups is 1. The molecule has 1 N–H and O–H groups in total. The van der Waals surface area contributed by atoms with E-state index in [4.69, 9.17) is 11.6 Å². The fraction of sp³-hybridized carbons (Fsp3) is 0.389. The summed E-state index contributed by atoms with van der Waals surface area (Å²) in [7, 11) is -3.14. The average Bonchev–Trinajstić information content (AvgIpc) is 2.60. The van der Waals surface area contributed by atoms with Gasteiger partial charge in [-0.25, -0.2) is 12.7 Å². The van der Waals surface area contributed by atoms with Crippen molar-refractivity contribution in [2.75, 3.05) is 25.1 Å². The monoisotopic (exact) mass is 412 g/mol. The first kappa shape index (κ1) is 19.5. The Balaban J connectivity index is 1.56. The second kappa shape index (κ2) is 8.17. The molecular weight excluding hydrogens is 392 g/mol. The van der Waals surface area contributed by atoms with Crippen molar-refractivity contribution in [1.82, 2.24) is 9.62 Å². The van der Waals surface area contributed by atoms with E-state index in [1.165, 1.54) is 22.3 Å². The Kier molecular flexibility index (Phi) is 6.12. The SMILES string of the molecule is CS(=O)(=O)N1CCC(NC(=O)CSc2cccc3cccc(Cl)c23)CC1. The van der Waals surface area contributed by atoms with Crippen molar-refractivity contribution in [3.63, 3.8) is 0 Å². The number of piperidine rings is 1. The van der Waals surface area contributed by atoms with Crippen LogP contribution in [-0.2, 0) is 14.8 Å². The molecular formula is C18H21ClN2O3S2. The zero-order chi connectivity index (χ0) is 18.7. The minimum atomic E-state index is -3.14. The number of hydrogen-bond acceptors (Lipinski definition) is 4. The van der Waals surface area contributed by atoms with Crippen molar-refractivity contribution in [1.29, 1.82) is 0 Å². The number of carbonyl (C=O) groups is 1. The summed E-state index contributed by atoms with van der Waals surface area (Å²) in [4.78, 5) is 13.3. The maximum absolute atomic E-state index is 12.3. The van der Waals surface area contributed by atoms with Crippen molar-refractivity contribution in [3.05, 3.63) is 41.4 Å². The molecule has 0 aliphatic carbocycles. The number of nitrogens with one attached hydrogen (secondary N) is 1. The minimum Gasteiger partial charge on any atom is -0.353 e. The standard InChI is InChI=1S/C18H21ClN2O3S2/c1-26(23,24)21-10-8-14(9-11-21)20-17(22)12-25-16-7-3-5-13-4-2-6-15(19)18(13)16/h2-7,14H,8-12H2,1H3,(H,20,22). The summed E-state index contributed by atoms with van der Waals surface area (Å²) in [6, 6.07) is 11.7. The number of fused-ring (bicyclic) bond motifs is 1. The lowest BCUT2D eigenvalue weighted by atomic mass is 10.1. The van der Waals surface area contributed by atoms with Gasteiger partial charge in [0.15, 0.2) is 0 Å². The summed E-state index contributed by atoms with van der Waals surface area (Å²) >= 11 is 7.78. The molecule has 26 heavy (non-hydrogen) atoms. The van der Waals surface area contributed by atoms with E-state index in [-0.39, 0.29) is 11.9 Å². The highest BCUT2D eigenvalue weighted by atomic mass is 35.5. The molecule has 1 amide bonds. The van der Waals surface area contributed by atoms with Gasteiger partial charge in [0.1, 0.15) is 0 Å². The van der Waals surface area contributed by atoms with Crippen LogP contribution in [0.4, 0.5) is 0 Å². The quantitative estimate of drug-likeness (QED) is 0.766. The van der Waals surface area contributed by atoms with E-state index in [1.807, 2.05) is 36.4 Å². The number of benzene rings is 2. The highest BCUT2D eigenvalue weighted by Crippen LogP contribution is 2.33. The van der Waals surface area contributed by atoms with Crippen LogP contribution in [0.25, 0.3) is 10.8 Å². The Hall–Kier alpha value is -1.28. The highest BCUT2D eigenvalue weighted by Gasteiger charge is 2.25. The van der Waals surface area contributed by atoms with Gasteiger partial charge in [0, 0.05) is 34.4 Å². The third-order valence-corrected chi connectivity index (χ3v) is 7.14. The lowest BCUT2D eigenvalue weighted by Gasteiger charge is -2.30. The maximum Gasteiger partial charge on any atom is 0.230 e. The van der Waals surface area contributed by atoms with Gasteiger partial charge in [-0.3, -0.25) is 4.79 Å². The maximum atomic E-state index is 12.3. The molecule has 0 saturated carbocycles. The van der Waals surface area contributed by atoms with E-state index < -0.39 is 10.0 Å². The van der Waals surface area contributed by atoms with Crippen LogP contribution in [0.1, 0.15) is 12.8 Å². The number of halogens is 1. The second-order valence-electron chi connectivity index (χ2n) is 6.39. The van der Waals surface area contributed by atoms with Crippen molar-refractivity contribution >= 4 is 50.1 Å². The molecule has 2 aromatic rings. The van der Waals surface area contributed by atoms with Gasteiger partial charge in [0.2, 0.25) is 15.9 Å². The molecule has 0 aromatic heterocycles. The molecule has 0 spiro atoms. The van der Waals surface area contributed by atoms with Gasteiger partial charge < -0.3 is 5.32 Å². The summed E-state index contributed by atoms with van der Waals surface area (Å²) in [6.45, 7) is 0.908. The Labute approximate surface area is 163 Å². The van der Waals surface area contributed by atoms with Crippen LogP contribution in [0.5, 0.6) is 0 Å². The van der Waals surface area contributed by atoms with Crippen LogP contribution in [0.3, 0.4) is 0 Å². The Morgan fingerprint density at radius 1 is 1.23 bits per heavy atom. The molecule has 1 saturated heterocycles. The smallest absolute Gasteiger partial charge is 0.230 e. The first-order valence-electron chi connectivity index (χ1n) is 8.39. The zero-order valence-corrected chi connectivity index (χ0v) is 16.8. The summed E-state index contributed by atoms with van der Waals surface area (Å²) in [5.74, 6) is 0.258. The number of hydrogen-bond donors (Lipinski definition) is 1. The molecule has 5 nitrogen and oxygen atoms in total. The molecule has 1 heterocycles. The lowest BCUT2D eigenvalue weighted by molar-refractivity contribution is -0.119. The van der Waals surface area contributed by atoms with Crippen LogP contribution in [0.15, 0.2) is 41.3 Å². The zero-order valence-electron chi connectivity index (χ0n) is 14.4. The summed E-state index contributed by atoms with van der Waals surface area (Å²) in [6.07, 6.45) is 2.50. The van der Waals surface area contributed by atoms with Gasteiger partial charge in [-0.15, -0.1) is 11.8 Å². The van der Waals surface area contributed by atoms with Crippen molar-refractivity contribution in [2.45, 2.75) is 23.8 Å². The average molecular weight is 413 g/mol. The van der Waals surface area contributed by atoms with Gasteiger partial charge in [-0.1, -0.05) is 35.9 Å². The normalized spacial score (nSPS) is 16.7. The van der Waals surface area contributed by atoms with Crippen LogP contribution in [0.2, 0.25) is 5.02 Å². The Morgan fingerprint density at radius 3 is 2.54 bits per heavy atom. The van der Waals surface area contributed by atoms with E-state index in [9.17, 15) is 13.2 Å². The predicted octanol–water partition coefficient (Wildman–Crippen LogP) is 3.13. The van der Waals surface area contributed by atoms with Crippen LogP contribution < -0.4 is 5.32 Å². The third-order valence-electron chi connectivity index (χ3n) is 4.46. The number of carbonyl (C=O) groups excluding carboxylic acids is 1. The molecule has 140 valence electrons. The van der Waals surface area contributed by atoms with Gasteiger partial charge in [-0.05, 0) is 30.4 Å². The van der Waals surface area contributed by atoms with Gasteiger partial charge in [-0.2, -0.15) is 0 Å². The van der Waals surface area contributed by atoms with Crippen molar-refractivity contribution in [2.24, 2.45) is 0 Å². The molecule has 0 bridgehead atoms. The first-order valence-corrected chi connectivity index (χ1v) is 11.6. The van der Waals surface area contributed by atoms with Gasteiger partial charge in [0.05, 0.1) is 12.0 Å². The molecule has 1 aliphatic heterocycles. The summed E-state index contributed by atoms with van der Waals surface area (Å²) in [5, 5.41) is 5.71. The topological polar surface area (TPSA) is 66.5 Å². The van der Waals surface area contributed by atoms with Crippen LogP contribution >= 0.6 is 23.4 Å². The van der Waals surface area contributed by atoms with Crippen LogP contribution in [-0.4, -0.2) is 49.8 Å². The summed E-state index contributed by atoms with van der Waals surface area (Å²) < 4.78 is 24.5. The van der Waals surface area contributed by atoms with Gasteiger partial charge >= 0.3 is 0 Å². The van der Waals surface area contributed by atoms with E-state index in [0.29, 0.717) is 36.7 Å². The fourth-order valence-electron chi connectivity index (χ4n) is 3.13. The van der Waals surface area contributed by atoms with Gasteiger partial charge in [0.25, 0.3) is 0 Å². The molecule has 1 fully saturated rings. The largest absolute Gasteiger partial charge is 0.353 e. The summed E-state index contributed by atoms with van der Waals surface area (Å²) in [5.41, 5.74) is 0. The predicted molar refractivity (Wildman–Crippen MR) is 107 cm³/mol. The van der Waals surface area contributed by atoms with E-state index in [1.54, 1.807) is 0 Å². The second-order valence-corrected chi connectivity index (χ2v) is 9.79. The molecule has 0 unspecified atom stereocenters. The molecule has 1 aliphatic rings. The Morgan fingerprint density at radius 2 is 1.88 bits per heavy atom. The van der Waals surface area contributed by atoms with E-state index >= 15 is 0 Å². The first-order chi connectivity index (χ1) is 12.3. The number of amides is 1. The molecule has 8 heteroatoms. The van der Waals surface area contributed by atoms with Crippen molar-refractivity contribution < 1.29 is 13.2 Å². The molecule has 0 atom stereocenters. The minimum absolute atomic E-state index is 0.0252. The van der Waals surface area contributed by atoms with E-state index in [0.717, 1.165) is 15.7 Å². The van der Waals surface area contributed by atoms with E-state index in [2.05, 4.69) is 5.32 Å². The van der Waals surface area contributed by atoms with Crippen molar-refractivity contribution in [3.8, 4) is 0 Å². The highest BCUT2D eigenvalue weighted by molar-refractivity contribution is 8.00. The molecule has 3 rings (SSSR count). The third kappa shape index (κ3) is 4.71. The van der Waals surface area contributed by atoms with Crippen LogP contribution in [0, 0.1) is 0 Å². The molecule has 2 aromatic carbocycles. The number of rotatable bonds is 5. The fourth-order valence-corrected chi connectivity index (χ4v) is 5.26. The lowest BCUT2D eigenvalue weighted by Crippen LogP contribution is -2.46. The number of sulfonamides is 1. The molecule has 0 radical (unpaired) electrons. The number of nitrogens with zero attached hydrogens (tertiary/aromatic N) is 1.